The largest absolute Gasteiger partial charge is 0.493 e. The van der Waals surface area contributed by atoms with E-state index in [0.717, 1.165) is 6.20 Å². The number of aromatic hydroxyl groups is 1. The van der Waals surface area contributed by atoms with Crippen LogP contribution in [0.3, 0.4) is 0 Å². The number of nitrogens with zero attached hydrogens (tertiary/aromatic N) is 3. The number of carbonyl (C=O) groups excluding carboxylic acids is 2. The maximum atomic E-state index is 12.4. The molecule has 2 atom stereocenters. The molecule has 0 saturated carbocycles. The minimum Gasteiger partial charge on any atom is -0.493 e. The van der Waals surface area contributed by atoms with Gasteiger partial charge in [0.2, 0.25) is 17.7 Å². The number of carbonyl (C=O) groups is 3. The van der Waals surface area contributed by atoms with E-state index in [4.69, 9.17) is 5.11 Å². The zero-order valence-electron chi connectivity index (χ0n) is 14.9. The number of likely N-dealkylation sites (tertiary alicyclic amines) is 1. The van der Waals surface area contributed by atoms with Crippen molar-refractivity contribution in [3.8, 4) is 17.3 Å². The average molecular weight is 386 g/mol. The first kappa shape index (κ1) is 19.2. The highest BCUT2D eigenvalue weighted by Crippen LogP contribution is 2.23. The van der Waals surface area contributed by atoms with Crippen molar-refractivity contribution in [2.75, 3.05) is 11.9 Å². The Morgan fingerprint density at radius 2 is 1.89 bits per heavy atom. The summed E-state index contributed by atoms with van der Waals surface area (Å²) in [5, 5.41) is 31.0. The number of β-amino-alcohol motifs (C(OH)–C–C–N with tert-alkyl or cyclic N) is 1. The molecule has 0 spiro atoms. The molecule has 4 N–H and O–H groups in total. The van der Waals surface area contributed by atoms with Gasteiger partial charge >= 0.3 is 5.97 Å². The number of carboxylic acids is 1. The summed E-state index contributed by atoms with van der Waals surface area (Å²) >= 11 is 0. The summed E-state index contributed by atoms with van der Waals surface area (Å²) in [6.07, 6.45) is 0.449. The van der Waals surface area contributed by atoms with Gasteiger partial charge < -0.3 is 25.5 Å². The molecule has 0 unspecified atom stereocenters. The normalized spacial score (nSPS) is 18.7. The van der Waals surface area contributed by atoms with Crippen molar-refractivity contribution in [1.29, 1.82) is 0 Å². The molecule has 10 nitrogen and oxygen atoms in total. The monoisotopic (exact) mass is 386 g/mol. The van der Waals surface area contributed by atoms with Crippen LogP contribution >= 0.6 is 0 Å². The number of amides is 2. The highest BCUT2D eigenvalue weighted by Gasteiger charge is 2.37. The van der Waals surface area contributed by atoms with Gasteiger partial charge in [0.05, 0.1) is 6.10 Å². The Morgan fingerprint density at radius 1 is 1.21 bits per heavy atom. The molecule has 1 aromatic carbocycles. The van der Waals surface area contributed by atoms with E-state index in [1.165, 1.54) is 11.8 Å². The number of hydrogen-bond acceptors (Lipinski definition) is 7. The molecular formula is C18H18N4O6. The summed E-state index contributed by atoms with van der Waals surface area (Å²) in [5.41, 5.74) is 0.568. The number of nitrogens with one attached hydrogen (secondary N) is 1. The number of aliphatic hydroxyl groups is 1. The zero-order valence-corrected chi connectivity index (χ0v) is 14.9. The van der Waals surface area contributed by atoms with Crippen molar-refractivity contribution in [1.82, 2.24) is 14.9 Å². The van der Waals surface area contributed by atoms with Crippen LogP contribution in [0.4, 0.5) is 5.69 Å². The Labute approximate surface area is 159 Å². The van der Waals surface area contributed by atoms with Gasteiger partial charge in [-0.2, -0.15) is 4.98 Å². The van der Waals surface area contributed by atoms with E-state index in [1.54, 1.807) is 24.3 Å². The fraction of sp³-hybridized carbons (Fsp3) is 0.278. The van der Waals surface area contributed by atoms with Crippen LogP contribution in [0.15, 0.2) is 30.5 Å². The van der Waals surface area contributed by atoms with Gasteiger partial charge in [-0.25, -0.2) is 9.78 Å². The minimum atomic E-state index is -1.33. The number of rotatable bonds is 4. The van der Waals surface area contributed by atoms with Crippen molar-refractivity contribution in [2.45, 2.75) is 25.5 Å². The lowest BCUT2D eigenvalue weighted by molar-refractivity contribution is -0.134. The third-order valence-electron chi connectivity index (χ3n) is 4.40. The smallest absolute Gasteiger partial charge is 0.342 e. The van der Waals surface area contributed by atoms with Gasteiger partial charge in [0.25, 0.3) is 0 Å². The zero-order chi connectivity index (χ0) is 20.4. The van der Waals surface area contributed by atoms with Crippen LogP contribution < -0.4 is 5.32 Å². The molecule has 28 heavy (non-hydrogen) atoms. The van der Waals surface area contributed by atoms with Gasteiger partial charge in [0, 0.05) is 37.3 Å². The van der Waals surface area contributed by atoms with Crippen molar-refractivity contribution < 1.29 is 29.7 Å². The molecule has 2 amide bonds. The van der Waals surface area contributed by atoms with Crippen molar-refractivity contribution in [2.24, 2.45) is 0 Å². The summed E-state index contributed by atoms with van der Waals surface area (Å²) in [5.74, 6) is -2.53. The lowest BCUT2D eigenvalue weighted by Crippen LogP contribution is -2.42. The third kappa shape index (κ3) is 3.91. The van der Waals surface area contributed by atoms with Crippen LogP contribution in [0.1, 0.15) is 23.7 Å². The fourth-order valence-electron chi connectivity index (χ4n) is 3.00. The number of aromatic nitrogens is 2. The molecule has 1 aromatic heterocycles. The predicted octanol–water partition coefficient (Wildman–Crippen LogP) is 0.468. The van der Waals surface area contributed by atoms with Crippen molar-refractivity contribution >= 4 is 23.5 Å². The maximum absolute atomic E-state index is 12.4. The van der Waals surface area contributed by atoms with E-state index in [0.29, 0.717) is 11.3 Å². The second-order valence-electron chi connectivity index (χ2n) is 6.38. The summed E-state index contributed by atoms with van der Waals surface area (Å²) in [6.45, 7) is 1.47. The first-order valence-electron chi connectivity index (χ1n) is 8.42. The van der Waals surface area contributed by atoms with Crippen LogP contribution in [-0.2, 0) is 9.59 Å². The molecule has 1 aliphatic rings. The molecule has 10 heteroatoms. The minimum absolute atomic E-state index is 0.125. The van der Waals surface area contributed by atoms with E-state index in [2.05, 4.69) is 15.3 Å². The Morgan fingerprint density at radius 3 is 2.46 bits per heavy atom. The molecular weight excluding hydrogens is 368 g/mol. The van der Waals surface area contributed by atoms with Gasteiger partial charge in [-0.15, -0.1) is 0 Å². The van der Waals surface area contributed by atoms with E-state index < -0.39 is 35.5 Å². The predicted molar refractivity (Wildman–Crippen MR) is 96.5 cm³/mol. The van der Waals surface area contributed by atoms with Crippen LogP contribution in [0.5, 0.6) is 5.88 Å². The van der Waals surface area contributed by atoms with Crippen molar-refractivity contribution in [3.05, 3.63) is 36.0 Å². The molecule has 146 valence electrons. The van der Waals surface area contributed by atoms with E-state index in [-0.39, 0.29) is 24.7 Å². The van der Waals surface area contributed by atoms with Gasteiger partial charge in [-0.3, -0.25) is 9.59 Å². The lowest BCUT2D eigenvalue weighted by atomic mass is 10.1. The van der Waals surface area contributed by atoms with Crippen molar-refractivity contribution in [3.63, 3.8) is 0 Å². The Balaban J connectivity index is 1.73. The number of aromatic carboxylic acids is 1. The molecule has 2 aromatic rings. The van der Waals surface area contributed by atoms with Crippen LogP contribution in [-0.4, -0.2) is 66.7 Å². The van der Waals surface area contributed by atoms with Gasteiger partial charge in [-0.05, 0) is 24.3 Å². The fourth-order valence-corrected chi connectivity index (χ4v) is 3.00. The van der Waals surface area contributed by atoms with Gasteiger partial charge in [0.1, 0.15) is 11.6 Å². The maximum Gasteiger partial charge on any atom is 0.342 e. The number of benzene rings is 1. The van der Waals surface area contributed by atoms with Crippen LogP contribution in [0.2, 0.25) is 0 Å². The summed E-state index contributed by atoms with van der Waals surface area (Å²) in [6, 6.07) is 5.62. The van der Waals surface area contributed by atoms with E-state index in [1.807, 2.05) is 0 Å². The Hall–Kier alpha value is -3.53. The SMILES string of the molecule is CC(=O)N1C[C@H](O)C[C@H]1C(=O)Nc1ccc(-c2ncc(C(=O)O)c(O)n2)cc1. The second kappa shape index (κ2) is 7.61. The summed E-state index contributed by atoms with van der Waals surface area (Å²) in [7, 11) is 0. The molecule has 0 radical (unpaired) electrons. The quantitative estimate of drug-likeness (QED) is 0.591. The molecule has 1 aliphatic heterocycles. The van der Waals surface area contributed by atoms with E-state index >= 15 is 0 Å². The molecule has 0 bridgehead atoms. The third-order valence-corrected chi connectivity index (χ3v) is 4.40. The van der Waals surface area contributed by atoms with Gasteiger partial charge in [0.15, 0.2) is 5.82 Å². The molecule has 1 saturated heterocycles. The number of hydrogen-bond donors (Lipinski definition) is 4. The first-order valence-corrected chi connectivity index (χ1v) is 8.42. The molecule has 0 aliphatic carbocycles. The Bertz CT molecular complexity index is 930. The summed E-state index contributed by atoms with van der Waals surface area (Å²) < 4.78 is 0. The topological polar surface area (TPSA) is 153 Å². The Kier molecular flexibility index (Phi) is 5.23. The average Bonchev–Trinajstić information content (AvgIpc) is 3.04. The highest BCUT2D eigenvalue weighted by atomic mass is 16.4. The molecule has 3 rings (SSSR count). The number of aliphatic hydroxyl groups excluding tert-OH is 1. The number of carboxylic acid groups (broad SMARTS) is 1. The number of anilines is 1. The first-order chi connectivity index (χ1) is 13.3. The highest BCUT2D eigenvalue weighted by molar-refractivity contribution is 5.97. The van der Waals surface area contributed by atoms with Crippen LogP contribution in [0.25, 0.3) is 11.4 Å². The lowest BCUT2D eigenvalue weighted by Gasteiger charge is -2.22. The summed E-state index contributed by atoms with van der Waals surface area (Å²) in [4.78, 5) is 44.0. The molecule has 2 heterocycles. The van der Waals surface area contributed by atoms with Gasteiger partial charge in [-0.1, -0.05) is 0 Å². The second-order valence-corrected chi connectivity index (χ2v) is 6.38. The van der Waals surface area contributed by atoms with E-state index in [9.17, 15) is 24.6 Å². The molecule has 1 fully saturated rings. The van der Waals surface area contributed by atoms with Crippen LogP contribution in [0, 0.1) is 0 Å². The standard InChI is InChI=1S/C18H18N4O6/c1-9(23)22-8-12(24)6-14(22)17(26)20-11-4-2-10(3-5-11)15-19-7-13(18(27)28)16(25)21-15/h2-5,7,12,14,24H,6,8H2,1H3,(H,20,26)(H,27,28)(H,19,21,25)/t12-,14+/m1/s1.